The SMILES string of the molecule is Cc1nsc(NCc2ccc(C(=O)Nc3ccncc3)cc2)n1. The second-order valence-corrected chi connectivity index (χ2v) is 5.64. The third-order valence-corrected chi connectivity index (χ3v) is 3.89. The van der Waals surface area contributed by atoms with E-state index in [9.17, 15) is 4.79 Å². The summed E-state index contributed by atoms with van der Waals surface area (Å²) in [5.74, 6) is 0.621. The third-order valence-electron chi connectivity index (χ3n) is 3.13. The molecule has 1 aromatic carbocycles. The number of aromatic nitrogens is 3. The van der Waals surface area contributed by atoms with E-state index in [2.05, 4.69) is 25.0 Å². The molecular weight excluding hydrogens is 310 g/mol. The fourth-order valence-electron chi connectivity index (χ4n) is 1.96. The molecule has 0 atom stereocenters. The number of amides is 1. The van der Waals surface area contributed by atoms with Crippen LogP contribution in [-0.2, 0) is 6.54 Å². The van der Waals surface area contributed by atoms with Crippen molar-refractivity contribution >= 4 is 28.3 Å². The van der Waals surface area contributed by atoms with Crippen LogP contribution >= 0.6 is 11.5 Å². The molecule has 0 unspecified atom stereocenters. The summed E-state index contributed by atoms with van der Waals surface area (Å²) in [5.41, 5.74) is 2.40. The van der Waals surface area contributed by atoms with Crippen LogP contribution < -0.4 is 10.6 Å². The molecule has 0 aliphatic rings. The smallest absolute Gasteiger partial charge is 0.255 e. The van der Waals surface area contributed by atoms with Gasteiger partial charge < -0.3 is 10.6 Å². The van der Waals surface area contributed by atoms with Crippen LogP contribution in [0.25, 0.3) is 0 Å². The monoisotopic (exact) mass is 325 g/mol. The van der Waals surface area contributed by atoms with Crippen molar-refractivity contribution in [3.63, 3.8) is 0 Å². The number of pyridine rings is 1. The van der Waals surface area contributed by atoms with Crippen molar-refractivity contribution in [3.05, 3.63) is 65.7 Å². The van der Waals surface area contributed by atoms with Gasteiger partial charge in [-0.1, -0.05) is 12.1 Å². The Morgan fingerprint density at radius 1 is 1.13 bits per heavy atom. The molecule has 1 amide bonds. The van der Waals surface area contributed by atoms with E-state index in [0.717, 1.165) is 22.2 Å². The molecule has 2 heterocycles. The van der Waals surface area contributed by atoms with Crippen LogP contribution in [0.4, 0.5) is 10.8 Å². The molecule has 6 nitrogen and oxygen atoms in total. The first-order valence-electron chi connectivity index (χ1n) is 7.05. The zero-order chi connectivity index (χ0) is 16.1. The van der Waals surface area contributed by atoms with Gasteiger partial charge in [0.2, 0.25) is 5.13 Å². The van der Waals surface area contributed by atoms with E-state index >= 15 is 0 Å². The Morgan fingerprint density at radius 2 is 1.87 bits per heavy atom. The zero-order valence-electron chi connectivity index (χ0n) is 12.5. The number of benzene rings is 1. The molecule has 3 aromatic rings. The number of carbonyl (C=O) groups is 1. The summed E-state index contributed by atoms with van der Waals surface area (Å²) < 4.78 is 4.12. The average molecular weight is 325 g/mol. The summed E-state index contributed by atoms with van der Waals surface area (Å²) in [5, 5.41) is 6.83. The number of hydrogen-bond donors (Lipinski definition) is 2. The minimum Gasteiger partial charge on any atom is -0.356 e. The van der Waals surface area contributed by atoms with E-state index in [-0.39, 0.29) is 5.91 Å². The van der Waals surface area contributed by atoms with Gasteiger partial charge in [0.25, 0.3) is 5.91 Å². The quantitative estimate of drug-likeness (QED) is 0.753. The molecule has 0 bridgehead atoms. The molecule has 0 saturated carbocycles. The highest BCUT2D eigenvalue weighted by molar-refractivity contribution is 7.09. The molecular formula is C16H15N5OS. The molecule has 2 N–H and O–H groups in total. The Hall–Kier alpha value is -2.80. The van der Waals surface area contributed by atoms with Crippen molar-refractivity contribution in [2.24, 2.45) is 0 Å². The van der Waals surface area contributed by atoms with Gasteiger partial charge in [-0.3, -0.25) is 9.78 Å². The largest absolute Gasteiger partial charge is 0.356 e. The summed E-state index contributed by atoms with van der Waals surface area (Å²) in [6.45, 7) is 2.50. The van der Waals surface area contributed by atoms with Crippen LogP contribution in [0.5, 0.6) is 0 Å². The van der Waals surface area contributed by atoms with Crippen molar-refractivity contribution < 1.29 is 4.79 Å². The fraction of sp³-hybridized carbons (Fsp3) is 0.125. The first-order chi connectivity index (χ1) is 11.2. The minimum absolute atomic E-state index is 0.143. The zero-order valence-corrected chi connectivity index (χ0v) is 13.3. The van der Waals surface area contributed by atoms with Gasteiger partial charge in [-0.25, -0.2) is 4.98 Å². The second kappa shape index (κ2) is 6.97. The Morgan fingerprint density at radius 3 is 2.52 bits per heavy atom. The summed E-state index contributed by atoms with van der Waals surface area (Å²) >= 11 is 1.34. The lowest BCUT2D eigenvalue weighted by Crippen LogP contribution is -2.12. The third kappa shape index (κ3) is 4.10. The number of anilines is 2. The van der Waals surface area contributed by atoms with Gasteiger partial charge in [-0.15, -0.1) is 0 Å². The van der Waals surface area contributed by atoms with Crippen molar-refractivity contribution in [3.8, 4) is 0 Å². The van der Waals surface area contributed by atoms with E-state index in [1.807, 2.05) is 19.1 Å². The van der Waals surface area contributed by atoms with Crippen LogP contribution in [0.1, 0.15) is 21.7 Å². The molecule has 2 aromatic heterocycles. The maximum Gasteiger partial charge on any atom is 0.255 e. The molecule has 23 heavy (non-hydrogen) atoms. The van der Waals surface area contributed by atoms with Crippen LogP contribution in [0.2, 0.25) is 0 Å². The first-order valence-corrected chi connectivity index (χ1v) is 7.82. The van der Waals surface area contributed by atoms with E-state index < -0.39 is 0 Å². The van der Waals surface area contributed by atoms with Gasteiger partial charge in [0.15, 0.2) is 0 Å². The fourth-order valence-corrected chi connectivity index (χ4v) is 2.53. The molecule has 3 rings (SSSR count). The van der Waals surface area contributed by atoms with Crippen LogP contribution in [-0.4, -0.2) is 20.2 Å². The van der Waals surface area contributed by atoms with E-state index in [4.69, 9.17) is 0 Å². The van der Waals surface area contributed by atoms with Crippen molar-refractivity contribution in [1.29, 1.82) is 0 Å². The van der Waals surface area contributed by atoms with Crippen molar-refractivity contribution in [2.75, 3.05) is 10.6 Å². The van der Waals surface area contributed by atoms with Gasteiger partial charge in [-0.2, -0.15) is 4.37 Å². The minimum atomic E-state index is -0.143. The van der Waals surface area contributed by atoms with Gasteiger partial charge >= 0.3 is 0 Å². The summed E-state index contributed by atoms with van der Waals surface area (Å²) in [6.07, 6.45) is 3.28. The Labute approximate surface area is 137 Å². The van der Waals surface area contributed by atoms with Crippen molar-refractivity contribution in [2.45, 2.75) is 13.5 Å². The molecule has 0 aliphatic heterocycles. The van der Waals surface area contributed by atoms with Gasteiger partial charge in [0, 0.05) is 41.7 Å². The molecule has 0 spiro atoms. The topological polar surface area (TPSA) is 79.8 Å². The molecule has 116 valence electrons. The number of nitrogens with zero attached hydrogens (tertiary/aromatic N) is 3. The molecule has 0 saturated heterocycles. The van der Waals surface area contributed by atoms with E-state index in [0.29, 0.717) is 12.1 Å². The van der Waals surface area contributed by atoms with E-state index in [1.165, 1.54) is 11.5 Å². The maximum atomic E-state index is 12.1. The maximum absolute atomic E-state index is 12.1. The standard InChI is InChI=1S/C16H15N5OS/c1-11-19-16(23-21-11)18-10-12-2-4-13(5-3-12)15(22)20-14-6-8-17-9-7-14/h2-9H,10H2,1H3,(H,17,20,22)(H,18,19,21). The normalized spacial score (nSPS) is 10.3. The Bertz CT molecular complexity index is 786. The number of nitrogens with one attached hydrogen (secondary N) is 2. The van der Waals surface area contributed by atoms with Gasteiger partial charge in [-0.05, 0) is 36.8 Å². The molecule has 0 radical (unpaired) electrons. The lowest BCUT2D eigenvalue weighted by molar-refractivity contribution is 0.102. The number of carbonyl (C=O) groups excluding carboxylic acids is 1. The highest BCUT2D eigenvalue weighted by Gasteiger charge is 2.06. The molecule has 0 fully saturated rings. The average Bonchev–Trinajstić information content (AvgIpc) is 3.00. The second-order valence-electron chi connectivity index (χ2n) is 4.89. The van der Waals surface area contributed by atoms with E-state index in [1.54, 1.807) is 36.7 Å². The van der Waals surface area contributed by atoms with Gasteiger partial charge in [0.05, 0.1) is 0 Å². The highest BCUT2D eigenvalue weighted by atomic mass is 32.1. The molecule has 7 heteroatoms. The van der Waals surface area contributed by atoms with Crippen LogP contribution in [0.3, 0.4) is 0 Å². The number of hydrogen-bond acceptors (Lipinski definition) is 6. The lowest BCUT2D eigenvalue weighted by atomic mass is 10.1. The van der Waals surface area contributed by atoms with Crippen LogP contribution in [0.15, 0.2) is 48.8 Å². The predicted molar refractivity (Wildman–Crippen MR) is 90.6 cm³/mol. The number of aryl methyl sites for hydroxylation is 1. The molecule has 0 aliphatic carbocycles. The van der Waals surface area contributed by atoms with Crippen LogP contribution in [0, 0.1) is 6.92 Å². The van der Waals surface area contributed by atoms with Crippen molar-refractivity contribution in [1.82, 2.24) is 14.3 Å². The summed E-state index contributed by atoms with van der Waals surface area (Å²) in [4.78, 5) is 20.3. The predicted octanol–water partition coefficient (Wildman–Crippen LogP) is 3.11. The summed E-state index contributed by atoms with van der Waals surface area (Å²) in [6, 6.07) is 10.9. The van der Waals surface area contributed by atoms with Gasteiger partial charge in [0.1, 0.15) is 5.82 Å². The number of rotatable bonds is 5. The Balaban J connectivity index is 1.59. The summed E-state index contributed by atoms with van der Waals surface area (Å²) in [7, 11) is 0. The first kappa shape index (κ1) is 15.1. The highest BCUT2D eigenvalue weighted by Crippen LogP contribution is 2.13. The lowest BCUT2D eigenvalue weighted by Gasteiger charge is -2.06. The Kier molecular flexibility index (Phi) is 4.58.